The molecule has 0 aliphatic rings. The lowest BCUT2D eigenvalue weighted by atomic mass is 9.97. The van der Waals surface area contributed by atoms with Crippen LogP contribution < -0.4 is 4.74 Å². The summed E-state index contributed by atoms with van der Waals surface area (Å²) in [6.07, 6.45) is 3.35. The summed E-state index contributed by atoms with van der Waals surface area (Å²) in [6, 6.07) is 8.03. The van der Waals surface area contributed by atoms with Gasteiger partial charge in [0.05, 0.1) is 13.2 Å². The van der Waals surface area contributed by atoms with Crippen LogP contribution in [0.25, 0.3) is 0 Å². The Bertz CT molecular complexity index is 540. The highest BCUT2D eigenvalue weighted by atomic mass is 16.5. The van der Waals surface area contributed by atoms with E-state index in [-0.39, 0.29) is 0 Å². The van der Waals surface area contributed by atoms with Crippen LogP contribution in [-0.2, 0) is 0 Å². The van der Waals surface area contributed by atoms with Gasteiger partial charge in [-0.25, -0.2) is 4.98 Å². The van der Waals surface area contributed by atoms with E-state index in [0.29, 0.717) is 11.6 Å². The van der Waals surface area contributed by atoms with E-state index in [9.17, 15) is 5.26 Å². The molecule has 1 aromatic heterocycles. The van der Waals surface area contributed by atoms with Crippen molar-refractivity contribution in [2.75, 3.05) is 7.11 Å². The van der Waals surface area contributed by atoms with Gasteiger partial charge in [-0.15, -0.1) is 0 Å². The summed E-state index contributed by atoms with van der Waals surface area (Å²) in [6.45, 7) is 1.99. The predicted molar refractivity (Wildman–Crippen MR) is 63.8 cm³/mol. The molecular weight excluding hydrogens is 214 g/mol. The fraction of sp³-hybridized carbons (Fsp3) is 0.231. The lowest BCUT2D eigenvalue weighted by Crippen LogP contribution is -2.03. The third-order valence-electron chi connectivity index (χ3n) is 2.62. The molecule has 1 N–H and O–H groups in total. The second-order valence-corrected chi connectivity index (χ2v) is 3.78. The number of H-pyrrole nitrogens is 1. The number of nitrogens with one attached hydrogen (secondary N) is 1. The van der Waals surface area contributed by atoms with Gasteiger partial charge in [0.1, 0.15) is 17.5 Å². The smallest absolute Gasteiger partial charge is 0.133 e. The summed E-state index contributed by atoms with van der Waals surface area (Å²) in [5.74, 6) is 0.912. The number of methoxy groups -OCH3 is 1. The summed E-state index contributed by atoms with van der Waals surface area (Å²) in [5, 5.41) is 9.30. The summed E-state index contributed by atoms with van der Waals surface area (Å²) in [4.78, 5) is 7.10. The maximum absolute atomic E-state index is 9.30. The fourth-order valence-electron chi connectivity index (χ4n) is 1.79. The van der Waals surface area contributed by atoms with Gasteiger partial charge in [-0.3, -0.25) is 0 Å². The Balaban J connectivity index is 2.51. The number of rotatable bonds is 3. The SMILES string of the molecule is COc1ccc(C)cc1C(C#N)c1ncc[nH]1. The van der Waals surface area contributed by atoms with Gasteiger partial charge in [-0.2, -0.15) is 5.26 Å². The zero-order valence-electron chi connectivity index (χ0n) is 9.77. The molecule has 1 aromatic carbocycles. The van der Waals surface area contributed by atoms with Gasteiger partial charge < -0.3 is 9.72 Å². The van der Waals surface area contributed by atoms with E-state index >= 15 is 0 Å². The van der Waals surface area contributed by atoms with Crippen molar-refractivity contribution < 1.29 is 4.74 Å². The van der Waals surface area contributed by atoms with Crippen LogP contribution in [0.2, 0.25) is 0 Å². The molecule has 0 aliphatic heterocycles. The molecule has 17 heavy (non-hydrogen) atoms. The monoisotopic (exact) mass is 227 g/mol. The van der Waals surface area contributed by atoms with Gasteiger partial charge in [-0.05, 0) is 13.0 Å². The van der Waals surface area contributed by atoms with Gasteiger partial charge in [0, 0.05) is 18.0 Å². The second kappa shape index (κ2) is 4.71. The molecule has 4 nitrogen and oxygen atoms in total. The standard InChI is InChI=1S/C13H13N3O/c1-9-3-4-12(17-2)10(7-9)11(8-14)13-15-5-6-16-13/h3-7,11H,1-2H3,(H,15,16). The number of benzene rings is 1. The number of aryl methyl sites for hydroxylation is 1. The van der Waals surface area contributed by atoms with E-state index in [0.717, 1.165) is 11.1 Å². The average Bonchev–Trinajstić information content (AvgIpc) is 2.84. The molecule has 2 rings (SSSR count). The lowest BCUT2D eigenvalue weighted by molar-refractivity contribution is 0.409. The van der Waals surface area contributed by atoms with Crippen molar-refractivity contribution in [3.8, 4) is 11.8 Å². The number of aromatic nitrogens is 2. The molecule has 1 unspecified atom stereocenters. The van der Waals surface area contributed by atoms with Crippen LogP contribution in [0.15, 0.2) is 30.6 Å². The first-order valence-corrected chi connectivity index (χ1v) is 5.29. The van der Waals surface area contributed by atoms with Crippen molar-refractivity contribution in [1.82, 2.24) is 9.97 Å². The first kappa shape index (κ1) is 11.2. The minimum Gasteiger partial charge on any atom is -0.496 e. The Hall–Kier alpha value is -2.28. The normalized spacial score (nSPS) is 11.8. The first-order valence-electron chi connectivity index (χ1n) is 5.29. The van der Waals surface area contributed by atoms with E-state index in [4.69, 9.17) is 4.74 Å². The number of aromatic amines is 1. The van der Waals surface area contributed by atoms with Gasteiger partial charge >= 0.3 is 0 Å². The molecule has 86 valence electrons. The van der Waals surface area contributed by atoms with Gasteiger partial charge in [-0.1, -0.05) is 17.7 Å². The number of ether oxygens (including phenoxy) is 1. The maximum atomic E-state index is 9.30. The molecule has 0 radical (unpaired) electrons. The number of imidazole rings is 1. The molecule has 0 amide bonds. The average molecular weight is 227 g/mol. The Labute approximate surface area is 99.9 Å². The highest BCUT2D eigenvalue weighted by Gasteiger charge is 2.19. The topological polar surface area (TPSA) is 61.7 Å². The Morgan fingerprint density at radius 3 is 2.88 bits per heavy atom. The highest BCUT2D eigenvalue weighted by Crippen LogP contribution is 2.30. The molecule has 0 spiro atoms. The number of nitriles is 1. The van der Waals surface area contributed by atoms with Crippen molar-refractivity contribution in [1.29, 1.82) is 5.26 Å². The van der Waals surface area contributed by atoms with Crippen LogP contribution in [0.5, 0.6) is 5.75 Å². The maximum Gasteiger partial charge on any atom is 0.133 e. The first-order chi connectivity index (χ1) is 8.26. The number of hydrogen-bond acceptors (Lipinski definition) is 3. The zero-order chi connectivity index (χ0) is 12.3. The van der Waals surface area contributed by atoms with E-state index in [1.807, 2.05) is 25.1 Å². The highest BCUT2D eigenvalue weighted by molar-refractivity contribution is 5.44. The molecule has 0 bridgehead atoms. The summed E-state index contributed by atoms with van der Waals surface area (Å²) < 4.78 is 5.29. The van der Waals surface area contributed by atoms with Crippen LogP contribution in [-0.4, -0.2) is 17.1 Å². The molecular formula is C13H13N3O. The third kappa shape index (κ3) is 2.13. The van der Waals surface area contributed by atoms with Gasteiger partial charge in [0.15, 0.2) is 0 Å². The molecule has 0 fully saturated rings. The molecule has 2 aromatic rings. The van der Waals surface area contributed by atoms with E-state index in [1.165, 1.54) is 0 Å². The van der Waals surface area contributed by atoms with Crippen LogP contribution in [0.1, 0.15) is 22.9 Å². The zero-order valence-corrected chi connectivity index (χ0v) is 9.77. The van der Waals surface area contributed by atoms with E-state index in [1.54, 1.807) is 19.5 Å². The summed E-state index contributed by atoms with van der Waals surface area (Å²) in [5.41, 5.74) is 1.93. The number of hydrogen-bond donors (Lipinski definition) is 1. The van der Waals surface area contributed by atoms with E-state index < -0.39 is 5.92 Å². The summed E-state index contributed by atoms with van der Waals surface area (Å²) in [7, 11) is 1.60. The Morgan fingerprint density at radius 2 is 2.29 bits per heavy atom. The molecule has 4 heteroatoms. The third-order valence-corrected chi connectivity index (χ3v) is 2.62. The molecule has 0 aliphatic carbocycles. The van der Waals surface area contributed by atoms with Crippen LogP contribution >= 0.6 is 0 Å². The predicted octanol–water partition coefficient (Wildman–Crippen LogP) is 2.38. The van der Waals surface area contributed by atoms with Crippen molar-refractivity contribution >= 4 is 0 Å². The summed E-state index contributed by atoms with van der Waals surface area (Å²) >= 11 is 0. The van der Waals surface area contributed by atoms with Crippen LogP contribution in [0, 0.1) is 18.3 Å². The van der Waals surface area contributed by atoms with E-state index in [2.05, 4.69) is 16.0 Å². The largest absolute Gasteiger partial charge is 0.496 e. The fourth-order valence-corrected chi connectivity index (χ4v) is 1.79. The van der Waals surface area contributed by atoms with Crippen molar-refractivity contribution in [2.24, 2.45) is 0 Å². The molecule has 1 atom stereocenters. The molecule has 0 saturated carbocycles. The second-order valence-electron chi connectivity index (χ2n) is 3.78. The van der Waals surface area contributed by atoms with Crippen molar-refractivity contribution in [3.63, 3.8) is 0 Å². The Kier molecular flexibility index (Phi) is 3.10. The van der Waals surface area contributed by atoms with Crippen molar-refractivity contribution in [3.05, 3.63) is 47.5 Å². The molecule has 0 saturated heterocycles. The minimum absolute atomic E-state index is 0.431. The Morgan fingerprint density at radius 1 is 1.47 bits per heavy atom. The van der Waals surface area contributed by atoms with Crippen LogP contribution in [0.4, 0.5) is 0 Å². The molecule has 1 heterocycles. The lowest BCUT2D eigenvalue weighted by Gasteiger charge is -2.12. The van der Waals surface area contributed by atoms with Crippen LogP contribution in [0.3, 0.4) is 0 Å². The minimum atomic E-state index is -0.431. The number of nitrogens with zero attached hydrogens (tertiary/aromatic N) is 2. The van der Waals surface area contributed by atoms with Gasteiger partial charge in [0.25, 0.3) is 0 Å². The van der Waals surface area contributed by atoms with Crippen molar-refractivity contribution in [2.45, 2.75) is 12.8 Å². The van der Waals surface area contributed by atoms with Gasteiger partial charge in [0.2, 0.25) is 0 Å². The quantitative estimate of drug-likeness (QED) is 0.875.